The Hall–Kier alpha value is -0.860. The standard InChI is InChI=1S/C11H11ClN2/c12-10-2-8(4-13-6-10)7-1-9-5-14-11(9)3-7/h1-2,4,6,9,11,14H,3,5H2/t9-,11-/m0/s1. The van der Waals surface area contributed by atoms with Crippen LogP contribution in [0.15, 0.2) is 24.5 Å². The molecule has 2 heterocycles. The van der Waals surface area contributed by atoms with Gasteiger partial charge in [0.2, 0.25) is 0 Å². The Balaban J connectivity index is 1.92. The Kier molecular flexibility index (Phi) is 1.85. The molecule has 1 N–H and O–H groups in total. The summed E-state index contributed by atoms with van der Waals surface area (Å²) in [6.07, 6.45) is 7.04. The van der Waals surface area contributed by atoms with Crippen LogP contribution in [0, 0.1) is 5.92 Å². The van der Waals surface area contributed by atoms with Gasteiger partial charge in [0, 0.05) is 30.9 Å². The summed E-state index contributed by atoms with van der Waals surface area (Å²) in [5.74, 6) is 0.740. The zero-order valence-corrected chi connectivity index (χ0v) is 8.46. The lowest BCUT2D eigenvalue weighted by Crippen LogP contribution is -2.49. The second kappa shape index (κ2) is 3.07. The fourth-order valence-electron chi connectivity index (χ4n) is 2.18. The van der Waals surface area contributed by atoms with E-state index < -0.39 is 0 Å². The van der Waals surface area contributed by atoms with Gasteiger partial charge in [0.05, 0.1) is 5.02 Å². The average Bonchev–Trinajstić information content (AvgIpc) is 2.43. The molecule has 1 aromatic heterocycles. The van der Waals surface area contributed by atoms with Crippen molar-refractivity contribution in [1.29, 1.82) is 0 Å². The number of fused-ring (bicyclic) bond motifs is 1. The molecule has 0 spiro atoms. The third-order valence-electron chi connectivity index (χ3n) is 3.06. The van der Waals surface area contributed by atoms with Crippen molar-refractivity contribution in [2.45, 2.75) is 12.5 Å². The number of nitrogens with zero attached hydrogens (tertiary/aromatic N) is 1. The summed E-state index contributed by atoms with van der Waals surface area (Å²) >= 11 is 5.91. The van der Waals surface area contributed by atoms with Crippen molar-refractivity contribution in [2.75, 3.05) is 6.54 Å². The Morgan fingerprint density at radius 1 is 1.43 bits per heavy atom. The van der Waals surface area contributed by atoms with E-state index in [9.17, 15) is 0 Å². The fourth-order valence-corrected chi connectivity index (χ4v) is 2.36. The molecule has 0 amide bonds. The molecular weight excluding hydrogens is 196 g/mol. The van der Waals surface area contributed by atoms with Crippen LogP contribution in [0.4, 0.5) is 0 Å². The SMILES string of the molecule is Clc1cncc(C2=C[C@H]3CN[C@H]3C2)c1. The van der Waals surface area contributed by atoms with Gasteiger partial charge in [-0.25, -0.2) is 0 Å². The molecule has 14 heavy (non-hydrogen) atoms. The number of pyridine rings is 1. The lowest BCUT2D eigenvalue weighted by Gasteiger charge is -2.31. The lowest BCUT2D eigenvalue weighted by atomic mass is 9.95. The molecule has 0 saturated carbocycles. The van der Waals surface area contributed by atoms with Crippen LogP contribution in [0.1, 0.15) is 12.0 Å². The molecule has 2 nitrogen and oxygen atoms in total. The molecule has 1 aliphatic heterocycles. The van der Waals surface area contributed by atoms with E-state index in [0.717, 1.165) is 23.9 Å². The molecule has 0 aromatic carbocycles. The van der Waals surface area contributed by atoms with Crippen molar-refractivity contribution in [3.05, 3.63) is 35.1 Å². The molecule has 0 unspecified atom stereocenters. The normalized spacial score (nSPS) is 29.4. The third kappa shape index (κ3) is 1.26. The maximum absolute atomic E-state index is 5.91. The molecule has 3 rings (SSSR count). The van der Waals surface area contributed by atoms with E-state index in [-0.39, 0.29) is 0 Å². The second-order valence-corrected chi connectivity index (χ2v) is 4.40. The van der Waals surface area contributed by atoms with Crippen molar-refractivity contribution < 1.29 is 0 Å². The molecule has 0 bridgehead atoms. The van der Waals surface area contributed by atoms with Crippen LogP contribution < -0.4 is 5.32 Å². The van der Waals surface area contributed by atoms with Crippen molar-refractivity contribution in [1.82, 2.24) is 10.3 Å². The highest BCUT2D eigenvalue weighted by Gasteiger charge is 2.34. The Morgan fingerprint density at radius 2 is 2.36 bits per heavy atom. The van der Waals surface area contributed by atoms with Gasteiger partial charge in [-0.05, 0) is 23.6 Å². The monoisotopic (exact) mass is 206 g/mol. The molecule has 1 aromatic rings. The van der Waals surface area contributed by atoms with Gasteiger partial charge >= 0.3 is 0 Å². The highest BCUT2D eigenvalue weighted by molar-refractivity contribution is 6.30. The molecule has 1 aliphatic carbocycles. The molecule has 3 heteroatoms. The van der Waals surface area contributed by atoms with Crippen molar-refractivity contribution >= 4 is 17.2 Å². The minimum Gasteiger partial charge on any atom is -0.312 e. The number of aromatic nitrogens is 1. The maximum atomic E-state index is 5.91. The van der Waals surface area contributed by atoms with E-state index in [2.05, 4.69) is 16.4 Å². The molecule has 1 fully saturated rings. The molecule has 1 saturated heterocycles. The first-order valence-corrected chi connectivity index (χ1v) is 5.26. The van der Waals surface area contributed by atoms with Gasteiger partial charge in [0.15, 0.2) is 0 Å². The van der Waals surface area contributed by atoms with Crippen LogP contribution >= 0.6 is 11.6 Å². The number of hydrogen-bond acceptors (Lipinski definition) is 2. The van der Waals surface area contributed by atoms with Crippen molar-refractivity contribution in [3.8, 4) is 0 Å². The highest BCUT2D eigenvalue weighted by Crippen LogP contribution is 2.36. The minimum absolute atomic E-state index is 0.670. The van der Waals surface area contributed by atoms with Crippen molar-refractivity contribution in [2.24, 2.45) is 5.92 Å². The summed E-state index contributed by atoms with van der Waals surface area (Å²) in [7, 11) is 0. The fraction of sp³-hybridized carbons (Fsp3) is 0.364. The quantitative estimate of drug-likeness (QED) is 0.762. The Morgan fingerprint density at radius 3 is 2.93 bits per heavy atom. The van der Waals surface area contributed by atoms with Crippen LogP contribution in [-0.2, 0) is 0 Å². The summed E-state index contributed by atoms with van der Waals surface area (Å²) < 4.78 is 0. The van der Waals surface area contributed by atoms with E-state index in [4.69, 9.17) is 11.6 Å². The Labute approximate surface area is 88.0 Å². The summed E-state index contributed by atoms with van der Waals surface area (Å²) in [5, 5.41) is 4.13. The number of hydrogen-bond donors (Lipinski definition) is 1. The first kappa shape index (κ1) is 8.45. The predicted octanol–water partition coefficient (Wildman–Crippen LogP) is 2.11. The number of halogens is 1. The molecule has 0 radical (unpaired) electrons. The van der Waals surface area contributed by atoms with Gasteiger partial charge < -0.3 is 5.32 Å². The first-order valence-electron chi connectivity index (χ1n) is 4.88. The molecule has 2 aliphatic rings. The highest BCUT2D eigenvalue weighted by atomic mass is 35.5. The van der Waals surface area contributed by atoms with E-state index in [1.165, 1.54) is 11.1 Å². The smallest absolute Gasteiger partial charge is 0.0595 e. The second-order valence-electron chi connectivity index (χ2n) is 3.97. The van der Waals surface area contributed by atoms with E-state index in [1.54, 1.807) is 6.20 Å². The van der Waals surface area contributed by atoms with Gasteiger partial charge in [0.1, 0.15) is 0 Å². The summed E-state index contributed by atoms with van der Waals surface area (Å²) in [6, 6.07) is 2.66. The number of nitrogens with one attached hydrogen (secondary N) is 1. The van der Waals surface area contributed by atoms with Crippen LogP contribution in [0.2, 0.25) is 5.02 Å². The summed E-state index contributed by atoms with van der Waals surface area (Å²) in [6.45, 7) is 1.13. The summed E-state index contributed by atoms with van der Waals surface area (Å²) in [4.78, 5) is 4.11. The van der Waals surface area contributed by atoms with Gasteiger partial charge in [-0.2, -0.15) is 0 Å². The average molecular weight is 207 g/mol. The summed E-state index contributed by atoms with van der Waals surface area (Å²) in [5.41, 5.74) is 2.56. The van der Waals surface area contributed by atoms with E-state index in [1.807, 2.05) is 12.3 Å². The first-order chi connectivity index (χ1) is 6.83. The van der Waals surface area contributed by atoms with Crippen LogP contribution in [-0.4, -0.2) is 17.6 Å². The largest absolute Gasteiger partial charge is 0.312 e. The zero-order chi connectivity index (χ0) is 9.54. The predicted molar refractivity (Wildman–Crippen MR) is 57.1 cm³/mol. The lowest BCUT2D eigenvalue weighted by molar-refractivity contribution is 0.306. The molecular formula is C11H11ClN2. The van der Waals surface area contributed by atoms with Crippen LogP contribution in [0.25, 0.3) is 5.57 Å². The maximum Gasteiger partial charge on any atom is 0.0595 e. The van der Waals surface area contributed by atoms with Gasteiger partial charge in [-0.15, -0.1) is 0 Å². The van der Waals surface area contributed by atoms with Gasteiger partial charge in [0.25, 0.3) is 0 Å². The van der Waals surface area contributed by atoms with E-state index >= 15 is 0 Å². The third-order valence-corrected chi connectivity index (χ3v) is 3.27. The number of rotatable bonds is 1. The van der Waals surface area contributed by atoms with Crippen LogP contribution in [0.3, 0.4) is 0 Å². The topological polar surface area (TPSA) is 24.9 Å². The minimum atomic E-state index is 0.670. The Bertz CT molecular complexity index is 400. The van der Waals surface area contributed by atoms with Crippen LogP contribution in [0.5, 0.6) is 0 Å². The zero-order valence-electron chi connectivity index (χ0n) is 7.70. The molecule has 2 atom stereocenters. The van der Waals surface area contributed by atoms with E-state index in [0.29, 0.717) is 6.04 Å². The van der Waals surface area contributed by atoms with Gasteiger partial charge in [-0.3, -0.25) is 4.98 Å². The van der Waals surface area contributed by atoms with Crippen molar-refractivity contribution in [3.63, 3.8) is 0 Å². The molecule has 72 valence electrons. The van der Waals surface area contributed by atoms with Gasteiger partial charge in [-0.1, -0.05) is 17.7 Å².